The van der Waals surface area contributed by atoms with Crippen LogP contribution in [0.25, 0.3) is 0 Å². The number of hydrogen-bond donors (Lipinski definition) is 1. The zero-order valence-electron chi connectivity index (χ0n) is 10.0. The van der Waals surface area contributed by atoms with Crippen molar-refractivity contribution in [3.8, 4) is 0 Å². The molecule has 1 aliphatic rings. The number of halogens is 1. The molecule has 0 spiro atoms. The van der Waals surface area contributed by atoms with E-state index < -0.39 is 0 Å². The molecule has 1 aromatic rings. The molecule has 0 radical (unpaired) electrons. The molecule has 1 heterocycles. The van der Waals surface area contributed by atoms with E-state index >= 15 is 0 Å². The maximum atomic E-state index is 6.12. The van der Waals surface area contributed by atoms with E-state index in [9.17, 15) is 0 Å². The molecule has 90 valence electrons. The largest absolute Gasteiger partial charge is 0.327 e. The molecule has 0 amide bonds. The highest BCUT2D eigenvalue weighted by Gasteiger charge is 2.28. The van der Waals surface area contributed by atoms with Gasteiger partial charge in [-0.25, -0.2) is 0 Å². The Kier molecular flexibility index (Phi) is 3.70. The second-order valence-electron chi connectivity index (χ2n) is 4.72. The molecule has 0 aromatic carbocycles. The minimum Gasteiger partial charge on any atom is -0.327 e. The van der Waals surface area contributed by atoms with Crippen LogP contribution in [-0.4, -0.2) is 15.8 Å². The van der Waals surface area contributed by atoms with Crippen LogP contribution in [0.15, 0.2) is 4.47 Å². The van der Waals surface area contributed by atoms with E-state index in [1.165, 1.54) is 23.0 Å². The highest BCUT2D eigenvalue weighted by molar-refractivity contribution is 9.10. The number of nitrogens with two attached hydrogens (primary N) is 1. The van der Waals surface area contributed by atoms with Gasteiger partial charge >= 0.3 is 0 Å². The van der Waals surface area contributed by atoms with Gasteiger partial charge in [-0.05, 0) is 54.0 Å². The van der Waals surface area contributed by atoms with E-state index in [4.69, 9.17) is 5.73 Å². The van der Waals surface area contributed by atoms with Gasteiger partial charge in [0.25, 0.3) is 0 Å². The van der Waals surface area contributed by atoms with Crippen LogP contribution in [0.1, 0.15) is 37.6 Å². The molecule has 0 saturated heterocycles. The maximum Gasteiger partial charge on any atom is 0.0766 e. The second kappa shape index (κ2) is 4.88. The Balaban J connectivity index is 1.99. The van der Waals surface area contributed by atoms with Gasteiger partial charge in [-0.3, -0.25) is 4.68 Å². The fourth-order valence-electron chi connectivity index (χ4n) is 2.15. The summed E-state index contributed by atoms with van der Waals surface area (Å²) in [5.74, 6) is 0.789. The van der Waals surface area contributed by atoms with Crippen LogP contribution in [0.5, 0.6) is 0 Å². The van der Waals surface area contributed by atoms with Gasteiger partial charge in [-0.2, -0.15) is 5.10 Å². The van der Waals surface area contributed by atoms with Gasteiger partial charge in [-0.15, -0.1) is 0 Å². The first-order valence-corrected chi connectivity index (χ1v) is 6.88. The first kappa shape index (κ1) is 12.1. The lowest BCUT2D eigenvalue weighted by molar-refractivity contribution is 0.536. The lowest BCUT2D eigenvalue weighted by Crippen LogP contribution is -2.23. The molecule has 1 unspecified atom stereocenters. The predicted molar refractivity (Wildman–Crippen MR) is 69.3 cm³/mol. The Morgan fingerprint density at radius 1 is 1.56 bits per heavy atom. The summed E-state index contributed by atoms with van der Waals surface area (Å²) in [7, 11) is 2.02. The molecule has 1 fully saturated rings. The minimum atomic E-state index is 0.381. The average molecular weight is 286 g/mol. The summed E-state index contributed by atoms with van der Waals surface area (Å²) in [6, 6.07) is 0.381. The number of aryl methyl sites for hydroxylation is 2. The number of hydrogen-bond acceptors (Lipinski definition) is 2. The fourth-order valence-corrected chi connectivity index (χ4v) is 2.97. The van der Waals surface area contributed by atoms with Gasteiger partial charge in [0.1, 0.15) is 0 Å². The predicted octanol–water partition coefficient (Wildman–Crippen LogP) is 2.41. The van der Waals surface area contributed by atoms with E-state index in [1.54, 1.807) is 0 Å². The van der Waals surface area contributed by atoms with Crippen molar-refractivity contribution in [3.63, 3.8) is 0 Å². The second-order valence-corrected chi connectivity index (χ2v) is 5.52. The van der Waals surface area contributed by atoms with E-state index in [0.29, 0.717) is 6.04 Å². The molecule has 2 rings (SSSR count). The van der Waals surface area contributed by atoms with Crippen LogP contribution in [0, 0.1) is 5.92 Å². The maximum absolute atomic E-state index is 6.12. The average Bonchev–Trinajstić information content (AvgIpc) is 3.05. The van der Waals surface area contributed by atoms with Crippen molar-refractivity contribution >= 4 is 15.9 Å². The van der Waals surface area contributed by atoms with Gasteiger partial charge in [0.15, 0.2) is 0 Å². The molecular weight excluding hydrogens is 266 g/mol. The van der Waals surface area contributed by atoms with E-state index in [2.05, 4.69) is 28.0 Å². The molecule has 1 aliphatic carbocycles. The normalized spacial score (nSPS) is 17.8. The van der Waals surface area contributed by atoms with Gasteiger partial charge in [0, 0.05) is 13.1 Å². The molecule has 4 heteroatoms. The van der Waals surface area contributed by atoms with Crippen molar-refractivity contribution in [1.82, 2.24) is 9.78 Å². The molecule has 3 nitrogen and oxygen atoms in total. The Labute approximate surface area is 106 Å². The van der Waals surface area contributed by atoms with Crippen LogP contribution >= 0.6 is 15.9 Å². The molecule has 2 N–H and O–H groups in total. The number of nitrogens with zero attached hydrogens (tertiary/aromatic N) is 2. The fraction of sp³-hybridized carbons (Fsp3) is 0.750. The minimum absolute atomic E-state index is 0.381. The zero-order valence-corrected chi connectivity index (χ0v) is 11.6. The smallest absolute Gasteiger partial charge is 0.0766 e. The summed E-state index contributed by atoms with van der Waals surface area (Å²) in [5, 5.41) is 4.50. The quantitative estimate of drug-likeness (QED) is 0.903. The van der Waals surface area contributed by atoms with Gasteiger partial charge < -0.3 is 5.73 Å². The zero-order chi connectivity index (χ0) is 11.7. The van der Waals surface area contributed by atoms with Crippen LogP contribution in [0.3, 0.4) is 0 Å². The van der Waals surface area contributed by atoms with Crippen molar-refractivity contribution in [2.24, 2.45) is 18.7 Å². The van der Waals surface area contributed by atoms with Crippen molar-refractivity contribution in [2.45, 2.75) is 45.1 Å². The topological polar surface area (TPSA) is 43.8 Å². The lowest BCUT2D eigenvalue weighted by Gasteiger charge is -2.10. The van der Waals surface area contributed by atoms with Crippen molar-refractivity contribution < 1.29 is 0 Å². The third-order valence-corrected chi connectivity index (χ3v) is 4.36. The molecule has 0 aliphatic heterocycles. The van der Waals surface area contributed by atoms with E-state index in [0.717, 1.165) is 30.9 Å². The summed E-state index contributed by atoms with van der Waals surface area (Å²) >= 11 is 3.64. The summed E-state index contributed by atoms with van der Waals surface area (Å²) in [4.78, 5) is 0. The molecule has 1 atom stereocenters. The van der Waals surface area contributed by atoms with Gasteiger partial charge in [-0.1, -0.05) is 6.92 Å². The Morgan fingerprint density at radius 2 is 2.25 bits per heavy atom. The Morgan fingerprint density at radius 3 is 2.75 bits per heavy atom. The highest BCUT2D eigenvalue weighted by atomic mass is 79.9. The van der Waals surface area contributed by atoms with Gasteiger partial charge in [0.05, 0.1) is 15.9 Å². The molecule has 0 bridgehead atoms. The summed E-state index contributed by atoms with van der Waals surface area (Å²) in [6.45, 7) is 2.13. The Hall–Kier alpha value is -0.350. The van der Waals surface area contributed by atoms with Crippen LogP contribution in [-0.2, 0) is 19.9 Å². The summed E-state index contributed by atoms with van der Waals surface area (Å²) in [6.07, 6.45) is 5.73. The summed E-state index contributed by atoms with van der Waals surface area (Å²) < 4.78 is 3.17. The molecule has 1 aromatic heterocycles. The lowest BCUT2D eigenvalue weighted by atomic mass is 10.1. The standard InChI is InChI=1S/C12H20BrN3/c1-3-10-12(13)11(16(2)15-10)7-6-9(14)8-4-5-8/h8-9H,3-7,14H2,1-2H3. The van der Waals surface area contributed by atoms with Crippen molar-refractivity contribution in [3.05, 3.63) is 15.9 Å². The monoisotopic (exact) mass is 285 g/mol. The van der Waals surface area contributed by atoms with E-state index in [-0.39, 0.29) is 0 Å². The van der Waals surface area contributed by atoms with E-state index in [1.807, 2.05) is 11.7 Å². The highest BCUT2D eigenvalue weighted by Crippen LogP contribution is 2.33. The third kappa shape index (κ3) is 2.48. The number of rotatable bonds is 5. The van der Waals surface area contributed by atoms with Gasteiger partial charge in [0.2, 0.25) is 0 Å². The number of aromatic nitrogens is 2. The molecule has 1 saturated carbocycles. The van der Waals surface area contributed by atoms with Crippen LogP contribution in [0.4, 0.5) is 0 Å². The van der Waals surface area contributed by atoms with Crippen LogP contribution in [0.2, 0.25) is 0 Å². The SMILES string of the molecule is CCc1nn(C)c(CCC(N)C2CC2)c1Br. The van der Waals surface area contributed by atoms with Crippen molar-refractivity contribution in [2.75, 3.05) is 0 Å². The first-order chi connectivity index (χ1) is 7.63. The van der Waals surface area contributed by atoms with Crippen molar-refractivity contribution in [1.29, 1.82) is 0 Å². The molecular formula is C12H20BrN3. The first-order valence-electron chi connectivity index (χ1n) is 6.09. The van der Waals surface area contributed by atoms with Crippen LogP contribution < -0.4 is 5.73 Å². The molecule has 16 heavy (non-hydrogen) atoms. The Bertz CT molecular complexity index is 369. The summed E-state index contributed by atoms with van der Waals surface area (Å²) in [5.41, 5.74) is 8.56. The third-order valence-electron chi connectivity index (χ3n) is 3.44.